The van der Waals surface area contributed by atoms with E-state index in [1.807, 2.05) is 6.92 Å². The molecule has 2 aromatic rings. The number of alkyl halides is 3. The van der Waals surface area contributed by atoms with Gasteiger partial charge in [0.1, 0.15) is 11.8 Å². The van der Waals surface area contributed by atoms with Crippen molar-refractivity contribution in [2.75, 3.05) is 18.4 Å². The average Bonchev–Trinajstić information content (AvgIpc) is 2.81. The van der Waals surface area contributed by atoms with Crippen LogP contribution in [-0.4, -0.2) is 58.8 Å². The predicted octanol–water partition coefficient (Wildman–Crippen LogP) is 4.53. The Hall–Kier alpha value is -3.76. The Morgan fingerprint density at radius 1 is 1.03 bits per heavy atom. The second kappa shape index (κ2) is 11.1. The molecule has 1 aliphatic rings. The summed E-state index contributed by atoms with van der Waals surface area (Å²) in [4.78, 5) is 38.8. The van der Waals surface area contributed by atoms with Crippen molar-refractivity contribution >= 4 is 23.5 Å². The van der Waals surface area contributed by atoms with E-state index in [1.54, 1.807) is 30.9 Å². The Balaban J connectivity index is 1.62. The van der Waals surface area contributed by atoms with Crippen LogP contribution in [0.2, 0.25) is 0 Å². The van der Waals surface area contributed by atoms with Crippen LogP contribution in [0.1, 0.15) is 54.3 Å². The number of nitrogens with zero attached hydrogens (tertiary/aromatic N) is 1. The summed E-state index contributed by atoms with van der Waals surface area (Å²) in [5, 5.41) is 15.1. The molecule has 0 radical (unpaired) electrons. The smallest absolute Gasteiger partial charge is 0.478 e. The van der Waals surface area contributed by atoms with Crippen LogP contribution in [0.5, 0.6) is 5.75 Å². The minimum absolute atomic E-state index is 0.0514. The first-order valence-electron chi connectivity index (χ1n) is 11.8. The zero-order valence-corrected chi connectivity index (χ0v) is 20.8. The normalized spacial score (nSPS) is 16.1. The van der Waals surface area contributed by atoms with Gasteiger partial charge in [0.15, 0.2) is 0 Å². The number of anilines is 1. The van der Waals surface area contributed by atoms with Gasteiger partial charge in [0.25, 0.3) is 5.91 Å². The highest BCUT2D eigenvalue weighted by Gasteiger charge is 2.36. The molecule has 11 heteroatoms. The first kappa shape index (κ1) is 27.8. The average molecular weight is 522 g/mol. The number of likely N-dealkylation sites (tertiary alicyclic amines) is 1. The Morgan fingerprint density at radius 3 is 2.19 bits per heavy atom. The molecule has 37 heavy (non-hydrogen) atoms. The van der Waals surface area contributed by atoms with E-state index in [0.717, 1.165) is 17.8 Å². The zero-order valence-electron chi connectivity index (χ0n) is 20.8. The van der Waals surface area contributed by atoms with Gasteiger partial charge in [-0.2, -0.15) is 0 Å². The zero-order chi connectivity index (χ0) is 27.4. The molecule has 200 valence electrons. The van der Waals surface area contributed by atoms with Crippen molar-refractivity contribution in [3.63, 3.8) is 0 Å². The Morgan fingerprint density at radius 2 is 1.65 bits per heavy atom. The number of benzene rings is 2. The Labute approximate surface area is 212 Å². The number of aromatic carboxylic acids is 1. The van der Waals surface area contributed by atoms with Crippen molar-refractivity contribution in [1.29, 1.82) is 0 Å². The first-order valence-corrected chi connectivity index (χ1v) is 11.8. The van der Waals surface area contributed by atoms with Crippen molar-refractivity contribution in [3.05, 3.63) is 59.7 Å². The van der Waals surface area contributed by atoms with Crippen LogP contribution in [0.4, 0.5) is 18.9 Å². The van der Waals surface area contributed by atoms with E-state index in [0.29, 0.717) is 25.9 Å². The minimum Gasteiger partial charge on any atom is -0.478 e. The molecule has 0 saturated carbocycles. The molecular weight excluding hydrogens is 491 g/mol. The third-order valence-corrected chi connectivity index (χ3v) is 6.31. The van der Waals surface area contributed by atoms with Crippen molar-refractivity contribution in [2.45, 2.75) is 51.6 Å². The molecule has 0 bridgehead atoms. The molecule has 0 aromatic heterocycles. The molecule has 3 N–H and O–H groups in total. The molecular formula is C26H30F3N3O5. The Bertz CT molecular complexity index is 1130. The summed E-state index contributed by atoms with van der Waals surface area (Å²) in [6.45, 7) is 6.45. The van der Waals surface area contributed by atoms with E-state index >= 15 is 0 Å². The molecule has 0 spiro atoms. The van der Waals surface area contributed by atoms with Crippen LogP contribution >= 0.6 is 0 Å². The van der Waals surface area contributed by atoms with Gasteiger partial charge >= 0.3 is 12.3 Å². The number of halogens is 3. The number of amides is 2. The van der Waals surface area contributed by atoms with Gasteiger partial charge in [-0.3, -0.25) is 9.59 Å². The van der Waals surface area contributed by atoms with Gasteiger partial charge in [-0.1, -0.05) is 19.9 Å². The molecule has 1 atom stereocenters. The van der Waals surface area contributed by atoms with Crippen LogP contribution < -0.4 is 15.4 Å². The lowest BCUT2D eigenvalue weighted by atomic mass is 9.88. The lowest BCUT2D eigenvalue weighted by Crippen LogP contribution is -2.56. The van der Waals surface area contributed by atoms with Crippen molar-refractivity contribution in [1.82, 2.24) is 10.2 Å². The van der Waals surface area contributed by atoms with Crippen LogP contribution in [0, 0.1) is 5.92 Å². The quantitative estimate of drug-likeness (QED) is 0.471. The second-order valence-corrected chi connectivity index (χ2v) is 9.66. The molecule has 2 amide bonds. The predicted molar refractivity (Wildman–Crippen MR) is 130 cm³/mol. The van der Waals surface area contributed by atoms with Gasteiger partial charge < -0.3 is 25.4 Å². The fourth-order valence-electron chi connectivity index (χ4n) is 4.16. The van der Waals surface area contributed by atoms with Crippen LogP contribution in [0.25, 0.3) is 0 Å². The van der Waals surface area contributed by atoms with Crippen molar-refractivity contribution in [3.8, 4) is 5.75 Å². The number of rotatable bonds is 8. The molecule has 3 rings (SSSR count). The third kappa shape index (κ3) is 7.61. The van der Waals surface area contributed by atoms with Gasteiger partial charge in [-0.15, -0.1) is 13.2 Å². The number of ether oxygens (including phenoxy) is 1. The SMILES string of the molecule is CC(C)[C@@H](NC(=O)c1cccc(OC(F)(F)F)c1)C(=O)N1CCC(C)(Nc2ccc(C(=O)O)cc2)CC1. The molecule has 1 saturated heterocycles. The highest BCUT2D eigenvalue weighted by molar-refractivity contribution is 5.98. The summed E-state index contributed by atoms with van der Waals surface area (Å²) >= 11 is 0. The lowest BCUT2D eigenvalue weighted by Gasteiger charge is -2.42. The fourth-order valence-corrected chi connectivity index (χ4v) is 4.16. The van der Waals surface area contributed by atoms with Crippen LogP contribution in [0.15, 0.2) is 48.5 Å². The minimum atomic E-state index is -4.88. The lowest BCUT2D eigenvalue weighted by molar-refractivity contribution is -0.274. The highest BCUT2D eigenvalue weighted by atomic mass is 19.4. The molecule has 1 fully saturated rings. The summed E-state index contributed by atoms with van der Waals surface area (Å²) in [7, 11) is 0. The number of hydrogen-bond donors (Lipinski definition) is 3. The largest absolute Gasteiger partial charge is 0.573 e. The standard InChI is InChI=1S/C26H30F3N3O5/c1-16(2)21(30-22(33)18-5-4-6-20(15-18)37-26(27,28)29)23(34)32-13-11-25(3,12-14-32)31-19-9-7-17(8-10-19)24(35)36/h4-10,15-16,21,31H,11-14H2,1-3H3,(H,30,33)(H,35,36)/t21-/m1/s1. The Kier molecular flexibility index (Phi) is 8.35. The van der Waals surface area contributed by atoms with Crippen molar-refractivity contribution in [2.24, 2.45) is 5.92 Å². The maximum atomic E-state index is 13.3. The number of piperidine rings is 1. The molecule has 0 unspecified atom stereocenters. The molecule has 2 aromatic carbocycles. The van der Waals surface area contributed by atoms with E-state index in [4.69, 9.17) is 5.11 Å². The number of nitrogens with one attached hydrogen (secondary N) is 2. The summed E-state index contributed by atoms with van der Waals surface area (Å²) in [5.74, 6) is -2.72. The number of carbonyl (C=O) groups is 3. The van der Waals surface area contributed by atoms with Crippen molar-refractivity contribution < 1.29 is 37.4 Å². The van der Waals surface area contributed by atoms with E-state index in [-0.39, 0.29) is 28.5 Å². The highest BCUT2D eigenvalue weighted by Crippen LogP contribution is 2.28. The summed E-state index contributed by atoms with van der Waals surface area (Å²) < 4.78 is 41.5. The maximum absolute atomic E-state index is 13.3. The van der Waals surface area contributed by atoms with Gasteiger partial charge in [-0.05, 0) is 68.1 Å². The van der Waals surface area contributed by atoms with E-state index in [2.05, 4.69) is 15.4 Å². The monoisotopic (exact) mass is 521 g/mol. The van der Waals surface area contributed by atoms with Gasteiger partial charge in [-0.25, -0.2) is 4.79 Å². The number of carbonyl (C=O) groups excluding carboxylic acids is 2. The van der Waals surface area contributed by atoms with Gasteiger partial charge in [0.05, 0.1) is 5.56 Å². The maximum Gasteiger partial charge on any atom is 0.573 e. The fraction of sp³-hybridized carbons (Fsp3) is 0.423. The second-order valence-electron chi connectivity index (χ2n) is 9.66. The van der Waals surface area contributed by atoms with Gasteiger partial charge in [0, 0.05) is 29.9 Å². The topological polar surface area (TPSA) is 108 Å². The van der Waals surface area contributed by atoms with E-state index in [9.17, 15) is 27.6 Å². The molecule has 8 nitrogen and oxygen atoms in total. The number of hydrogen-bond acceptors (Lipinski definition) is 5. The van der Waals surface area contributed by atoms with E-state index < -0.39 is 30.0 Å². The van der Waals surface area contributed by atoms with Gasteiger partial charge in [0.2, 0.25) is 5.91 Å². The summed E-state index contributed by atoms with van der Waals surface area (Å²) in [5.41, 5.74) is 0.593. The van der Waals surface area contributed by atoms with Crippen LogP contribution in [-0.2, 0) is 4.79 Å². The van der Waals surface area contributed by atoms with Crippen LogP contribution in [0.3, 0.4) is 0 Å². The molecule has 0 aliphatic carbocycles. The number of carboxylic acids is 1. The molecule has 1 heterocycles. The molecule has 1 aliphatic heterocycles. The van der Waals surface area contributed by atoms with E-state index in [1.165, 1.54) is 24.3 Å². The number of carboxylic acid groups (broad SMARTS) is 1. The third-order valence-electron chi connectivity index (χ3n) is 6.31. The summed E-state index contributed by atoms with van der Waals surface area (Å²) in [6.07, 6.45) is -3.64. The first-order chi connectivity index (χ1) is 17.3. The summed E-state index contributed by atoms with van der Waals surface area (Å²) in [6, 6.07) is 10.3.